The van der Waals surface area contributed by atoms with Crippen molar-refractivity contribution in [1.29, 1.82) is 0 Å². The van der Waals surface area contributed by atoms with E-state index in [1.807, 2.05) is 0 Å². The number of terminal acetylenes is 1. The Labute approximate surface area is 74.0 Å². The fraction of sp³-hybridized carbons (Fsp3) is 0.700. The fourth-order valence-corrected chi connectivity index (χ4v) is 1.32. The summed E-state index contributed by atoms with van der Waals surface area (Å²) >= 11 is 0. The minimum Gasteiger partial charge on any atom is -0.395 e. The monoisotopic (exact) mass is 164 g/mol. The second kappa shape index (κ2) is 5.65. The van der Waals surface area contributed by atoms with E-state index in [4.69, 9.17) is 11.3 Å². The van der Waals surface area contributed by atoms with Crippen LogP contribution in [-0.4, -0.2) is 12.8 Å². The highest BCUT2D eigenvalue weighted by atomic mass is 16.6. The van der Waals surface area contributed by atoms with Crippen LogP contribution in [0, 0.1) is 18.3 Å². The molecule has 1 aliphatic rings. The molecule has 0 aromatic rings. The van der Waals surface area contributed by atoms with E-state index in [1.54, 1.807) is 0 Å². The van der Waals surface area contributed by atoms with E-state index in [0.29, 0.717) is 18.9 Å². The third-order valence-electron chi connectivity index (χ3n) is 1.99. The van der Waals surface area contributed by atoms with Gasteiger partial charge < -0.3 is 4.84 Å². The minimum atomic E-state index is 0.510. The molecule has 0 aromatic carbocycles. The molecule has 1 fully saturated rings. The van der Waals surface area contributed by atoms with E-state index in [9.17, 15) is 0 Å². The van der Waals surface area contributed by atoms with Crippen molar-refractivity contribution in [3.05, 3.63) is 0 Å². The molecule has 0 amide bonds. The first kappa shape index (κ1) is 9.12. The molecule has 0 aromatic heterocycles. The Morgan fingerprint density at radius 1 is 1.42 bits per heavy atom. The van der Waals surface area contributed by atoms with Crippen LogP contribution in [0.25, 0.3) is 0 Å². The van der Waals surface area contributed by atoms with E-state index in [-0.39, 0.29) is 0 Å². The molecule has 0 atom stereocenters. The molecule has 12 heavy (non-hydrogen) atoms. The summed E-state index contributed by atoms with van der Waals surface area (Å²) in [7, 11) is 0. The largest absolute Gasteiger partial charge is 0.395 e. The van der Waals surface area contributed by atoms with Gasteiger partial charge in [0.2, 0.25) is 0 Å². The van der Waals surface area contributed by atoms with Crippen LogP contribution < -0.4 is 0 Å². The third kappa shape index (κ3) is 3.43. The average molecular weight is 164 g/mol. The Morgan fingerprint density at radius 3 is 2.83 bits per heavy atom. The highest BCUT2D eigenvalue weighted by molar-refractivity contribution is 5.60. The van der Waals surface area contributed by atoms with Crippen LogP contribution in [0.2, 0.25) is 0 Å². The highest BCUT2D eigenvalue weighted by Gasteiger charge is 2.12. The Bertz CT molecular complexity index is 175. The lowest BCUT2D eigenvalue weighted by atomic mass is 10.1. The van der Waals surface area contributed by atoms with Gasteiger partial charge in [0.05, 0.1) is 0 Å². The molecule has 2 nitrogen and oxygen atoms in total. The van der Waals surface area contributed by atoms with Gasteiger partial charge in [-0.3, -0.25) is 0 Å². The molecule has 0 bridgehead atoms. The zero-order chi connectivity index (χ0) is 8.65. The van der Waals surface area contributed by atoms with Crippen LogP contribution in [0.1, 0.15) is 32.1 Å². The van der Waals surface area contributed by atoms with Crippen molar-refractivity contribution >= 4 is 6.21 Å². The van der Waals surface area contributed by atoms with E-state index in [2.05, 4.69) is 17.3 Å². The van der Waals surface area contributed by atoms with Crippen molar-refractivity contribution in [3.63, 3.8) is 0 Å². The zero-order valence-corrected chi connectivity index (χ0v) is 7.25. The summed E-state index contributed by atoms with van der Waals surface area (Å²) in [6, 6.07) is 0. The van der Waals surface area contributed by atoms with Crippen LogP contribution in [0.5, 0.6) is 0 Å². The summed E-state index contributed by atoms with van der Waals surface area (Å²) < 4.78 is 0. The molecule has 0 spiro atoms. The lowest BCUT2D eigenvalue weighted by Gasteiger charge is -1.97. The summed E-state index contributed by atoms with van der Waals surface area (Å²) in [5.41, 5.74) is 0. The molecule has 0 N–H and O–H groups in total. The van der Waals surface area contributed by atoms with Gasteiger partial charge in [0, 0.05) is 12.3 Å². The average Bonchev–Trinajstić information content (AvgIpc) is 2.57. The molecule has 0 saturated heterocycles. The molecule has 1 rings (SSSR count). The van der Waals surface area contributed by atoms with Crippen LogP contribution in [0.3, 0.4) is 0 Å². The molecule has 0 unspecified atom stereocenters. The van der Waals surface area contributed by atoms with Gasteiger partial charge in [0.15, 0.2) is 0 Å². The number of hydrogen-bond donors (Lipinski definition) is 0. The van der Waals surface area contributed by atoms with Crippen LogP contribution >= 0.6 is 0 Å². The maximum atomic E-state index is 5.04. The Kier molecular flexibility index (Phi) is 4.30. The van der Waals surface area contributed by atoms with Gasteiger partial charge in [0.1, 0.15) is 12.8 Å². The molecular formula is C10H14NO. The molecule has 0 heterocycles. The summed E-state index contributed by atoms with van der Waals surface area (Å²) in [4.78, 5) is 4.91. The van der Waals surface area contributed by atoms with Crippen molar-refractivity contribution in [2.45, 2.75) is 32.1 Å². The minimum absolute atomic E-state index is 0.510. The van der Waals surface area contributed by atoms with Crippen molar-refractivity contribution < 1.29 is 4.84 Å². The first-order valence-corrected chi connectivity index (χ1v) is 4.44. The Hall–Kier alpha value is -0.970. The third-order valence-corrected chi connectivity index (χ3v) is 1.99. The van der Waals surface area contributed by atoms with Gasteiger partial charge in [-0.15, -0.1) is 12.3 Å². The second-order valence-corrected chi connectivity index (χ2v) is 2.99. The number of nitrogens with zero attached hydrogens (tertiary/aromatic N) is 1. The van der Waals surface area contributed by atoms with Crippen LogP contribution in [0.4, 0.5) is 0 Å². The predicted octanol–water partition coefficient (Wildman–Crippen LogP) is 2.08. The SMILES string of the molecule is C#CCCO/N=[C]/C1CCCC1. The lowest BCUT2D eigenvalue weighted by molar-refractivity contribution is 0.150. The first-order valence-electron chi connectivity index (χ1n) is 4.44. The Balaban J connectivity index is 2.01. The second-order valence-electron chi connectivity index (χ2n) is 2.99. The summed E-state index contributed by atoms with van der Waals surface area (Å²) in [5, 5.41) is 3.75. The van der Waals surface area contributed by atoms with Gasteiger partial charge in [-0.1, -0.05) is 18.0 Å². The van der Waals surface area contributed by atoms with Gasteiger partial charge in [0.25, 0.3) is 0 Å². The van der Waals surface area contributed by atoms with Gasteiger partial charge in [-0.05, 0) is 12.8 Å². The number of hydrogen-bond acceptors (Lipinski definition) is 2. The van der Waals surface area contributed by atoms with Crippen LogP contribution in [-0.2, 0) is 4.84 Å². The van der Waals surface area contributed by atoms with Gasteiger partial charge in [-0.25, -0.2) is 0 Å². The van der Waals surface area contributed by atoms with Crippen molar-refractivity contribution in [1.82, 2.24) is 0 Å². The number of rotatable bonds is 4. The van der Waals surface area contributed by atoms with E-state index in [1.165, 1.54) is 25.7 Å². The van der Waals surface area contributed by atoms with Crippen LogP contribution in [0.15, 0.2) is 5.16 Å². The molecule has 0 aliphatic heterocycles. The smallest absolute Gasteiger partial charge is 0.128 e. The van der Waals surface area contributed by atoms with E-state index in [0.717, 1.165) is 0 Å². The Morgan fingerprint density at radius 2 is 2.17 bits per heavy atom. The fourth-order valence-electron chi connectivity index (χ4n) is 1.32. The standard InChI is InChI=1S/C10H14NO/c1-2-3-8-12-11-9-10-6-4-5-7-10/h1,10H,3-8H2. The van der Waals surface area contributed by atoms with E-state index >= 15 is 0 Å². The molecular weight excluding hydrogens is 150 g/mol. The molecule has 1 aliphatic carbocycles. The molecule has 1 radical (unpaired) electrons. The summed E-state index contributed by atoms with van der Waals surface area (Å²) in [6.07, 6.45) is 13.7. The van der Waals surface area contributed by atoms with Gasteiger partial charge >= 0.3 is 0 Å². The summed E-state index contributed by atoms with van der Waals surface area (Å²) in [5.74, 6) is 3.01. The quantitative estimate of drug-likeness (QED) is 0.270. The van der Waals surface area contributed by atoms with Crippen molar-refractivity contribution in [2.24, 2.45) is 11.1 Å². The predicted molar refractivity (Wildman–Crippen MR) is 48.8 cm³/mol. The maximum absolute atomic E-state index is 5.04. The zero-order valence-electron chi connectivity index (χ0n) is 7.25. The van der Waals surface area contributed by atoms with Gasteiger partial charge in [-0.2, -0.15) is 0 Å². The first-order chi connectivity index (χ1) is 5.93. The lowest BCUT2D eigenvalue weighted by Crippen LogP contribution is -1.95. The maximum Gasteiger partial charge on any atom is 0.128 e. The van der Waals surface area contributed by atoms with Crippen molar-refractivity contribution in [3.8, 4) is 12.3 Å². The highest BCUT2D eigenvalue weighted by Crippen LogP contribution is 2.22. The topological polar surface area (TPSA) is 21.6 Å². The van der Waals surface area contributed by atoms with Crippen molar-refractivity contribution in [2.75, 3.05) is 6.61 Å². The van der Waals surface area contributed by atoms with E-state index < -0.39 is 0 Å². The molecule has 2 heteroatoms. The molecule has 1 saturated carbocycles. The molecule has 65 valence electrons. The summed E-state index contributed by atoms with van der Waals surface area (Å²) in [6.45, 7) is 0.510. The normalized spacial score (nSPS) is 18.2.